The van der Waals surface area contributed by atoms with Gasteiger partial charge < -0.3 is 10.2 Å². The van der Waals surface area contributed by atoms with Crippen LogP contribution < -0.4 is 16.6 Å². The summed E-state index contributed by atoms with van der Waals surface area (Å²) < 4.78 is 16.5. The van der Waals surface area contributed by atoms with Crippen molar-refractivity contribution in [3.05, 3.63) is 75.2 Å². The Labute approximate surface area is 178 Å². The second-order valence-electron chi connectivity index (χ2n) is 7.78. The number of benzene rings is 2. The molecule has 1 saturated heterocycles. The summed E-state index contributed by atoms with van der Waals surface area (Å²) in [7, 11) is 0. The summed E-state index contributed by atoms with van der Waals surface area (Å²) in [5, 5.41) is 3.12. The minimum Gasteiger partial charge on any atom is -0.353 e. The number of aromatic nitrogens is 2. The van der Waals surface area contributed by atoms with Gasteiger partial charge >= 0.3 is 5.69 Å². The summed E-state index contributed by atoms with van der Waals surface area (Å²) in [5.74, 6) is -1.02. The summed E-state index contributed by atoms with van der Waals surface area (Å²) in [5.41, 5.74) is -1.18. The van der Waals surface area contributed by atoms with Crippen LogP contribution in [0.4, 0.5) is 4.39 Å². The van der Waals surface area contributed by atoms with Crippen LogP contribution in [-0.4, -0.2) is 46.1 Å². The van der Waals surface area contributed by atoms with Gasteiger partial charge in [0.25, 0.3) is 5.56 Å². The van der Waals surface area contributed by atoms with Crippen molar-refractivity contribution in [3.63, 3.8) is 0 Å². The number of carbonyl (C=O) groups is 1. The molecule has 1 N–H and O–H groups in total. The minimum atomic E-state index is -0.880. The normalized spacial score (nSPS) is 15.3. The molecule has 31 heavy (non-hydrogen) atoms. The molecule has 7 nitrogen and oxygen atoms in total. The van der Waals surface area contributed by atoms with Gasteiger partial charge in [0, 0.05) is 13.1 Å². The number of fused-ring (bicyclic) bond motifs is 1. The molecule has 2 heterocycles. The highest BCUT2D eigenvalue weighted by molar-refractivity contribution is 5.84. The number of hydrogen-bond acceptors (Lipinski definition) is 4. The van der Waals surface area contributed by atoms with Crippen LogP contribution in [0.25, 0.3) is 16.6 Å². The average molecular weight is 424 g/mol. The zero-order valence-corrected chi connectivity index (χ0v) is 17.4. The molecule has 1 amide bonds. The standard InChI is InChI=1S/C23H25FN4O3/c1-16(21(29)25-12-15-26-13-6-7-14-26)27-19-10-4-2-8-17(19)22(30)28(23(27)31)20-11-5-3-9-18(20)24/h2-5,8-11,16H,6-7,12-15H2,1H3,(H,25,29)/t16-/m0/s1. The fourth-order valence-corrected chi connectivity index (χ4v) is 4.11. The summed E-state index contributed by atoms with van der Waals surface area (Å²) in [6.07, 6.45) is 2.34. The molecule has 1 aliphatic rings. The van der Waals surface area contributed by atoms with Gasteiger partial charge in [-0.25, -0.2) is 13.8 Å². The number of para-hydroxylation sites is 2. The molecule has 0 radical (unpaired) electrons. The molecule has 3 aromatic rings. The molecular formula is C23H25FN4O3. The van der Waals surface area contributed by atoms with Crippen molar-refractivity contribution in [2.24, 2.45) is 0 Å². The van der Waals surface area contributed by atoms with Crippen LogP contribution in [0.2, 0.25) is 0 Å². The Kier molecular flexibility index (Phi) is 5.99. The van der Waals surface area contributed by atoms with Gasteiger partial charge in [-0.05, 0) is 57.1 Å². The van der Waals surface area contributed by atoms with E-state index in [1.807, 2.05) is 0 Å². The highest BCUT2D eigenvalue weighted by Crippen LogP contribution is 2.16. The number of rotatable bonds is 6. The first-order valence-corrected chi connectivity index (χ1v) is 10.5. The maximum atomic E-state index is 14.4. The lowest BCUT2D eigenvalue weighted by atomic mass is 10.2. The molecule has 8 heteroatoms. The zero-order valence-electron chi connectivity index (χ0n) is 17.4. The fourth-order valence-electron chi connectivity index (χ4n) is 4.11. The summed E-state index contributed by atoms with van der Waals surface area (Å²) >= 11 is 0. The Balaban J connectivity index is 1.74. The highest BCUT2D eigenvalue weighted by Gasteiger charge is 2.23. The van der Waals surface area contributed by atoms with Crippen molar-refractivity contribution in [2.75, 3.05) is 26.2 Å². The van der Waals surface area contributed by atoms with E-state index in [4.69, 9.17) is 0 Å². The second kappa shape index (κ2) is 8.85. The van der Waals surface area contributed by atoms with E-state index in [2.05, 4.69) is 10.2 Å². The summed E-state index contributed by atoms with van der Waals surface area (Å²) in [4.78, 5) is 41.5. The lowest BCUT2D eigenvalue weighted by Crippen LogP contribution is -2.44. The van der Waals surface area contributed by atoms with Crippen LogP contribution in [0.1, 0.15) is 25.8 Å². The summed E-state index contributed by atoms with van der Waals surface area (Å²) in [6, 6.07) is 11.3. The van der Waals surface area contributed by atoms with E-state index in [1.54, 1.807) is 37.3 Å². The van der Waals surface area contributed by atoms with Gasteiger partial charge in [0.1, 0.15) is 11.9 Å². The average Bonchev–Trinajstić information content (AvgIpc) is 3.28. The lowest BCUT2D eigenvalue weighted by molar-refractivity contribution is -0.123. The first kappa shape index (κ1) is 21.0. The van der Waals surface area contributed by atoms with Crippen molar-refractivity contribution in [3.8, 4) is 5.69 Å². The fraction of sp³-hybridized carbons (Fsp3) is 0.348. The van der Waals surface area contributed by atoms with Gasteiger partial charge in [-0.15, -0.1) is 0 Å². The zero-order chi connectivity index (χ0) is 22.0. The molecule has 1 aromatic heterocycles. The monoisotopic (exact) mass is 424 g/mol. The molecule has 0 bridgehead atoms. The first-order valence-electron chi connectivity index (χ1n) is 10.5. The predicted molar refractivity (Wildman–Crippen MR) is 117 cm³/mol. The van der Waals surface area contributed by atoms with Crippen LogP contribution in [0.5, 0.6) is 0 Å². The van der Waals surface area contributed by atoms with E-state index in [9.17, 15) is 18.8 Å². The largest absolute Gasteiger partial charge is 0.353 e. The van der Waals surface area contributed by atoms with Crippen molar-refractivity contribution < 1.29 is 9.18 Å². The lowest BCUT2D eigenvalue weighted by Gasteiger charge is -2.21. The van der Waals surface area contributed by atoms with E-state index in [0.29, 0.717) is 12.1 Å². The molecule has 1 fully saturated rings. The van der Waals surface area contributed by atoms with E-state index in [0.717, 1.165) is 24.2 Å². The van der Waals surface area contributed by atoms with Gasteiger partial charge in [-0.3, -0.25) is 14.2 Å². The third-order valence-corrected chi connectivity index (χ3v) is 5.78. The van der Waals surface area contributed by atoms with E-state index < -0.39 is 23.1 Å². The smallest absolute Gasteiger partial charge is 0.336 e. The SMILES string of the molecule is C[C@@H](C(=O)NCCN1CCCC1)n1c(=O)n(-c2ccccc2F)c(=O)c2ccccc21. The van der Waals surface area contributed by atoms with Crippen LogP contribution >= 0.6 is 0 Å². The first-order chi connectivity index (χ1) is 15.0. The molecule has 1 aliphatic heterocycles. The number of carbonyl (C=O) groups excluding carboxylic acids is 1. The predicted octanol–water partition coefficient (Wildman–Crippen LogP) is 2.06. The van der Waals surface area contributed by atoms with Crippen molar-refractivity contribution in [2.45, 2.75) is 25.8 Å². The van der Waals surface area contributed by atoms with Gasteiger partial charge in [0.2, 0.25) is 5.91 Å². The van der Waals surface area contributed by atoms with Crippen LogP contribution in [0, 0.1) is 5.82 Å². The van der Waals surface area contributed by atoms with Crippen LogP contribution in [-0.2, 0) is 4.79 Å². The molecular weight excluding hydrogens is 399 g/mol. The number of amides is 1. The molecule has 0 aliphatic carbocycles. The van der Waals surface area contributed by atoms with Crippen LogP contribution in [0.3, 0.4) is 0 Å². The van der Waals surface area contributed by atoms with Gasteiger partial charge in [-0.1, -0.05) is 24.3 Å². The number of nitrogens with one attached hydrogen (secondary N) is 1. The molecule has 1 atom stereocenters. The van der Waals surface area contributed by atoms with Crippen molar-refractivity contribution in [1.29, 1.82) is 0 Å². The number of nitrogens with zero attached hydrogens (tertiary/aromatic N) is 3. The Morgan fingerprint density at radius 1 is 1.06 bits per heavy atom. The van der Waals surface area contributed by atoms with E-state index in [-0.39, 0.29) is 17.0 Å². The number of likely N-dealkylation sites (tertiary alicyclic amines) is 1. The maximum Gasteiger partial charge on any atom is 0.336 e. The molecule has 4 rings (SSSR count). The molecule has 0 saturated carbocycles. The van der Waals surface area contributed by atoms with Crippen molar-refractivity contribution >= 4 is 16.8 Å². The third-order valence-electron chi connectivity index (χ3n) is 5.78. The number of hydrogen-bond donors (Lipinski definition) is 1. The maximum absolute atomic E-state index is 14.4. The van der Waals surface area contributed by atoms with Gasteiger partial charge in [0.05, 0.1) is 16.6 Å². The van der Waals surface area contributed by atoms with E-state index in [1.165, 1.54) is 35.6 Å². The Morgan fingerprint density at radius 3 is 2.48 bits per heavy atom. The van der Waals surface area contributed by atoms with Crippen LogP contribution in [0.15, 0.2) is 58.1 Å². The van der Waals surface area contributed by atoms with E-state index >= 15 is 0 Å². The topological polar surface area (TPSA) is 76.3 Å². The Hall–Kier alpha value is -3.26. The van der Waals surface area contributed by atoms with Crippen molar-refractivity contribution in [1.82, 2.24) is 19.4 Å². The number of halogens is 1. The quantitative estimate of drug-likeness (QED) is 0.657. The third kappa shape index (κ3) is 4.03. The Bertz CT molecular complexity index is 1230. The second-order valence-corrected chi connectivity index (χ2v) is 7.78. The van der Waals surface area contributed by atoms with Gasteiger partial charge in [-0.2, -0.15) is 0 Å². The Morgan fingerprint density at radius 2 is 1.74 bits per heavy atom. The van der Waals surface area contributed by atoms with Gasteiger partial charge in [0.15, 0.2) is 0 Å². The molecule has 0 unspecified atom stereocenters. The molecule has 2 aromatic carbocycles. The highest BCUT2D eigenvalue weighted by atomic mass is 19.1. The minimum absolute atomic E-state index is 0.140. The molecule has 0 spiro atoms. The summed E-state index contributed by atoms with van der Waals surface area (Å²) in [6.45, 7) is 4.90. The molecule has 162 valence electrons.